The predicted molar refractivity (Wildman–Crippen MR) is 128 cm³/mol. The molecule has 0 aliphatic carbocycles. The highest BCUT2D eigenvalue weighted by Gasteiger charge is 2.14. The molecule has 0 aliphatic rings. The lowest BCUT2D eigenvalue weighted by molar-refractivity contribution is -0.129. The van der Waals surface area contributed by atoms with Crippen LogP contribution in [0.1, 0.15) is 22.5 Å². The number of likely N-dealkylation sites (N-methyl/N-ethyl adjacent to an activating group) is 1. The van der Waals surface area contributed by atoms with Crippen LogP contribution in [0.2, 0.25) is 0 Å². The number of ether oxygens (including phenoxy) is 1. The summed E-state index contributed by atoms with van der Waals surface area (Å²) in [6, 6.07) is 15.2. The van der Waals surface area contributed by atoms with E-state index in [9.17, 15) is 18.0 Å². The Morgan fingerprint density at radius 3 is 2.61 bits per heavy atom. The van der Waals surface area contributed by atoms with Gasteiger partial charge in [-0.3, -0.25) is 14.9 Å². The van der Waals surface area contributed by atoms with Gasteiger partial charge in [-0.25, -0.2) is 13.4 Å². The lowest BCUT2D eigenvalue weighted by atomic mass is 10.2. The van der Waals surface area contributed by atoms with Gasteiger partial charge in [0.1, 0.15) is 5.75 Å². The normalized spacial score (nSPS) is 11.1. The number of hydrogen-bond donors (Lipinski definition) is 1. The number of aromatic nitrogens is 1. The molecule has 8 nitrogen and oxygen atoms in total. The molecule has 1 N–H and O–H groups in total. The number of anilines is 1. The van der Waals surface area contributed by atoms with E-state index in [0.717, 1.165) is 6.26 Å². The summed E-state index contributed by atoms with van der Waals surface area (Å²) in [5, 5.41) is 4.94. The van der Waals surface area contributed by atoms with Crippen molar-refractivity contribution < 1.29 is 22.7 Å². The first-order valence-electron chi connectivity index (χ1n) is 10.2. The van der Waals surface area contributed by atoms with Gasteiger partial charge in [0.2, 0.25) is 5.91 Å². The van der Waals surface area contributed by atoms with E-state index in [1.54, 1.807) is 53.7 Å². The van der Waals surface area contributed by atoms with Crippen molar-refractivity contribution in [3.8, 4) is 5.75 Å². The molecule has 1 aromatic heterocycles. The van der Waals surface area contributed by atoms with Crippen LogP contribution in [0.15, 0.2) is 64.9 Å². The number of amides is 2. The molecule has 0 atom stereocenters. The van der Waals surface area contributed by atoms with Crippen molar-refractivity contribution in [2.75, 3.05) is 31.8 Å². The zero-order valence-electron chi connectivity index (χ0n) is 18.4. The molecule has 0 saturated heterocycles. The van der Waals surface area contributed by atoms with Crippen molar-refractivity contribution in [2.45, 2.75) is 17.7 Å². The maximum absolute atomic E-state index is 12.5. The molecule has 33 heavy (non-hydrogen) atoms. The fourth-order valence-corrected chi connectivity index (χ4v) is 4.27. The fourth-order valence-electron chi connectivity index (χ4n) is 2.91. The molecule has 3 rings (SSSR count). The van der Waals surface area contributed by atoms with Crippen molar-refractivity contribution in [1.29, 1.82) is 0 Å². The molecule has 0 aliphatic heterocycles. The molecule has 3 aromatic rings. The van der Waals surface area contributed by atoms with Crippen LogP contribution in [0.25, 0.3) is 0 Å². The molecule has 174 valence electrons. The monoisotopic (exact) mass is 487 g/mol. The van der Waals surface area contributed by atoms with Crippen LogP contribution in [0.4, 0.5) is 5.13 Å². The Balaban J connectivity index is 1.42. The number of rotatable bonds is 10. The molecule has 2 amide bonds. The Bertz CT molecular complexity index is 1210. The number of carbonyl (C=O) groups excluding carboxylic acids is 2. The third-order valence-electron chi connectivity index (χ3n) is 4.71. The van der Waals surface area contributed by atoms with Gasteiger partial charge >= 0.3 is 0 Å². The Hall–Kier alpha value is -3.24. The van der Waals surface area contributed by atoms with Gasteiger partial charge < -0.3 is 9.64 Å². The number of sulfone groups is 1. The first-order valence-corrected chi connectivity index (χ1v) is 13.0. The fraction of sp³-hybridized carbons (Fsp3) is 0.261. The summed E-state index contributed by atoms with van der Waals surface area (Å²) in [5.74, 6) is 0.127. The first-order chi connectivity index (χ1) is 15.7. The second-order valence-corrected chi connectivity index (χ2v) is 10.3. The summed E-state index contributed by atoms with van der Waals surface area (Å²) in [4.78, 5) is 30.8. The molecule has 0 saturated carbocycles. The molecular weight excluding hydrogens is 462 g/mol. The van der Waals surface area contributed by atoms with E-state index in [0.29, 0.717) is 41.7 Å². The number of carbonyl (C=O) groups is 2. The zero-order chi connectivity index (χ0) is 23.8. The molecule has 0 bridgehead atoms. The highest BCUT2D eigenvalue weighted by molar-refractivity contribution is 7.90. The third-order valence-corrected chi connectivity index (χ3v) is 6.62. The molecule has 0 unspecified atom stereocenters. The van der Waals surface area contributed by atoms with Crippen LogP contribution >= 0.6 is 11.3 Å². The van der Waals surface area contributed by atoms with Crippen molar-refractivity contribution >= 4 is 38.1 Å². The minimum Gasteiger partial charge on any atom is -0.493 e. The zero-order valence-corrected chi connectivity index (χ0v) is 20.0. The van der Waals surface area contributed by atoms with Gasteiger partial charge in [0.15, 0.2) is 15.0 Å². The molecular formula is C23H25N3O5S2. The van der Waals surface area contributed by atoms with Crippen LogP contribution in [0.3, 0.4) is 0 Å². The van der Waals surface area contributed by atoms with Crippen molar-refractivity contribution in [1.82, 2.24) is 9.88 Å². The number of nitrogens with zero attached hydrogens (tertiary/aromatic N) is 2. The quantitative estimate of drug-likeness (QED) is 0.440. The third kappa shape index (κ3) is 7.40. The van der Waals surface area contributed by atoms with Gasteiger partial charge in [-0.05, 0) is 36.8 Å². The SMILES string of the molecule is CN(CCCOc1cccc(S(C)(=O)=O)c1)C(=O)Cc1csc(NC(=O)c2ccccc2)n1. The summed E-state index contributed by atoms with van der Waals surface area (Å²) < 4.78 is 28.9. The minimum atomic E-state index is -3.29. The minimum absolute atomic E-state index is 0.0969. The number of thiazole rings is 1. The standard InChI is InChI=1S/C23H25N3O5S2/c1-26(12-7-13-31-19-10-6-11-20(15-19)33(2,29)30)21(27)14-18-16-32-23(24-18)25-22(28)17-8-4-3-5-9-17/h3-6,8-11,15-16H,7,12-14H2,1-2H3,(H,24,25,28). The summed E-state index contributed by atoms with van der Waals surface area (Å²) in [6.45, 7) is 0.823. The highest BCUT2D eigenvalue weighted by Crippen LogP contribution is 2.18. The molecule has 0 radical (unpaired) electrons. The van der Waals surface area contributed by atoms with E-state index in [1.807, 2.05) is 6.07 Å². The molecule has 2 aromatic carbocycles. The number of benzene rings is 2. The van der Waals surface area contributed by atoms with Gasteiger partial charge in [-0.15, -0.1) is 11.3 Å². The van der Waals surface area contributed by atoms with E-state index >= 15 is 0 Å². The summed E-state index contributed by atoms with van der Waals surface area (Å²) >= 11 is 1.27. The predicted octanol–water partition coefficient (Wildman–Crippen LogP) is 3.27. The molecule has 10 heteroatoms. The second kappa shape index (κ2) is 11.1. The average molecular weight is 488 g/mol. The Kier molecular flexibility index (Phi) is 8.18. The lowest BCUT2D eigenvalue weighted by Crippen LogP contribution is -2.30. The lowest BCUT2D eigenvalue weighted by Gasteiger charge is -2.17. The molecule has 0 fully saturated rings. The summed E-state index contributed by atoms with van der Waals surface area (Å²) in [6.07, 6.45) is 1.86. The van der Waals surface area contributed by atoms with Gasteiger partial charge in [-0.1, -0.05) is 24.3 Å². The van der Waals surface area contributed by atoms with Crippen LogP contribution in [0, 0.1) is 0 Å². The highest BCUT2D eigenvalue weighted by atomic mass is 32.2. The second-order valence-electron chi connectivity index (χ2n) is 7.41. The Morgan fingerprint density at radius 2 is 1.88 bits per heavy atom. The summed E-state index contributed by atoms with van der Waals surface area (Å²) in [7, 11) is -1.59. The first kappa shape index (κ1) is 24.4. The van der Waals surface area contributed by atoms with E-state index in [1.165, 1.54) is 23.5 Å². The van der Waals surface area contributed by atoms with Crippen LogP contribution in [0.5, 0.6) is 5.75 Å². The maximum Gasteiger partial charge on any atom is 0.257 e. The average Bonchev–Trinajstić information content (AvgIpc) is 3.23. The van der Waals surface area contributed by atoms with E-state index in [2.05, 4.69) is 10.3 Å². The smallest absolute Gasteiger partial charge is 0.257 e. The van der Waals surface area contributed by atoms with E-state index in [4.69, 9.17) is 4.74 Å². The maximum atomic E-state index is 12.5. The number of hydrogen-bond acceptors (Lipinski definition) is 7. The Labute approximate surface area is 197 Å². The van der Waals surface area contributed by atoms with E-state index in [-0.39, 0.29) is 23.1 Å². The Morgan fingerprint density at radius 1 is 1.12 bits per heavy atom. The van der Waals surface area contributed by atoms with Crippen LogP contribution in [-0.2, 0) is 21.1 Å². The van der Waals surface area contributed by atoms with Crippen molar-refractivity contribution in [3.63, 3.8) is 0 Å². The largest absolute Gasteiger partial charge is 0.493 e. The van der Waals surface area contributed by atoms with Gasteiger partial charge in [0.05, 0.1) is 23.6 Å². The molecule has 0 spiro atoms. The number of nitrogens with one attached hydrogen (secondary N) is 1. The van der Waals surface area contributed by atoms with Crippen LogP contribution < -0.4 is 10.1 Å². The summed E-state index contributed by atoms with van der Waals surface area (Å²) in [5.41, 5.74) is 1.13. The molecule has 1 heterocycles. The van der Waals surface area contributed by atoms with Crippen molar-refractivity contribution in [3.05, 3.63) is 71.2 Å². The van der Waals surface area contributed by atoms with Crippen molar-refractivity contribution in [2.24, 2.45) is 0 Å². The van der Waals surface area contributed by atoms with Gasteiger partial charge in [0.25, 0.3) is 5.91 Å². The van der Waals surface area contributed by atoms with Crippen LogP contribution in [-0.4, -0.2) is 56.6 Å². The van der Waals surface area contributed by atoms with Gasteiger partial charge in [-0.2, -0.15) is 0 Å². The topological polar surface area (TPSA) is 106 Å². The van der Waals surface area contributed by atoms with Gasteiger partial charge in [0, 0.05) is 30.8 Å². The van der Waals surface area contributed by atoms with E-state index < -0.39 is 9.84 Å².